The zero-order valence-corrected chi connectivity index (χ0v) is 16.4. The van der Waals surface area contributed by atoms with Gasteiger partial charge in [-0.25, -0.2) is 4.98 Å². The van der Waals surface area contributed by atoms with Crippen molar-refractivity contribution in [3.63, 3.8) is 0 Å². The van der Waals surface area contributed by atoms with Crippen molar-refractivity contribution in [1.82, 2.24) is 29.6 Å². The summed E-state index contributed by atoms with van der Waals surface area (Å²) in [4.78, 5) is 11.4. The van der Waals surface area contributed by atoms with Crippen LogP contribution in [0.25, 0.3) is 11.5 Å². The Morgan fingerprint density at radius 1 is 1.26 bits per heavy atom. The summed E-state index contributed by atoms with van der Waals surface area (Å²) in [7, 11) is 0. The Kier molecular flexibility index (Phi) is 4.83. The maximum absolute atomic E-state index is 4.62. The number of nitrogens with one attached hydrogen (secondary N) is 1. The third kappa shape index (κ3) is 3.95. The largest absolute Gasteiger partial charge is 0.325 e. The molecule has 0 radical (unpaired) electrons. The van der Waals surface area contributed by atoms with E-state index in [0.717, 1.165) is 36.8 Å². The lowest BCUT2D eigenvalue weighted by Crippen LogP contribution is -2.36. The number of hydrogen-bond acceptors (Lipinski definition) is 4. The molecular formula is C21H28N6. The van der Waals surface area contributed by atoms with Crippen LogP contribution in [0.3, 0.4) is 0 Å². The SMILES string of the molecule is CC(C)(C)c1cc(-c2nccn2[C@H]2CCCN(Cc3cccnc3)C2)n[nH]1. The molecule has 6 nitrogen and oxygen atoms in total. The molecule has 6 heteroatoms. The molecule has 0 amide bonds. The minimum absolute atomic E-state index is 0.0496. The number of piperidine rings is 1. The van der Waals surface area contributed by atoms with Crippen molar-refractivity contribution in [3.05, 3.63) is 54.2 Å². The van der Waals surface area contributed by atoms with Gasteiger partial charge in [-0.3, -0.25) is 15.0 Å². The molecule has 1 aliphatic heterocycles. The Morgan fingerprint density at radius 2 is 2.15 bits per heavy atom. The Morgan fingerprint density at radius 3 is 2.89 bits per heavy atom. The van der Waals surface area contributed by atoms with Gasteiger partial charge < -0.3 is 4.57 Å². The van der Waals surface area contributed by atoms with Gasteiger partial charge in [0.05, 0.1) is 0 Å². The Labute approximate surface area is 160 Å². The zero-order valence-electron chi connectivity index (χ0n) is 16.4. The Balaban J connectivity index is 1.52. The molecule has 3 aromatic rings. The quantitative estimate of drug-likeness (QED) is 0.765. The first-order valence-corrected chi connectivity index (χ1v) is 9.71. The number of likely N-dealkylation sites (tertiary alicyclic amines) is 1. The molecule has 142 valence electrons. The zero-order chi connectivity index (χ0) is 18.9. The fourth-order valence-electron chi connectivity index (χ4n) is 3.78. The molecule has 1 N–H and O–H groups in total. The highest BCUT2D eigenvalue weighted by Crippen LogP contribution is 2.29. The van der Waals surface area contributed by atoms with Gasteiger partial charge in [0.15, 0.2) is 5.82 Å². The van der Waals surface area contributed by atoms with Crippen LogP contribution in [-0.2, 0) is 12.0 Å². The molecule has 0 aliphatic carbocycles. The van der Waals surface area contributed by atoms with Gasteiger partial charge >= 0.3 is 0 Å². The topological polar surface area (TPSA) is 62.6 Å². The van der Waals surface area contributed by atoms with Gasteiger partial charge in [0.25, 0.3) is 0 Å². The van der Waals surface area contributed by atoms with Gasteiger partial charge in [0, 0.05) is 55.0 Å². The second-order valence-electron chi connectivity index (χ2n) is 8.47. The van der Waals surface area contributed by atoms with Gasteiger partial charge in [-0.2, -0.15) is 5.10 Å². The van der Waals surface area contributed by atoms with E-state index >= 15 is 0 Å². The number of rotatable bonds is 4. The van der Waals surface area contributed by atoms with Crippen LogP contribution < -0.4 is 0 Å². The monoisotopic (exact) mass is 364 g/mol. The predicted molar refractivity (Wildman–Crippen MR) is 106 cm³/mol. The van der Waals surface area contributed by atoms with Crippen LogP contribution in [0.2, 0.25) is 0 Å². The molecule has 0 saturated carbocycles. The van der Waals surface area contributed by atoms with E-state index in [2.05, 4.69) is 68.7 Å². The van der Waals surface area contributed by atoms with E-state index in [1.807, 2.05) is 24.7 Å². The normalized spacial score (nSPS) is 18.7. The standard InChI is InChI=1S/C21H28N6/c1-21(2,3)19-12-18(24-25-19)20-23-9-11-27(20)17-7-5-10-26(15-17)14-16-6-4-8-22-13-16/h4,6,8-9,11-13,17H,5,7,10,14-15H2,1-3H3,(H,24,25)/t17-/m0/s1. The third-order valence-electron chi connectivity index (χ3n) is 5.29. The molecule has 0 bridgehead atoms. The molecule has 27 heavy (non-hydrogen) atoms. The number of imidazole rings is 1. The lowest BCUT2D eigenvalue weighted by Gasteiger charge is -2.34. The molecule has 1 atom stereocenters. The molecule has 0 aromatic carbocycles. The van der Waals surface area contributed by atoms with Gasteiger partial charge in [-0.15, -0.1) is 0 Å². The third-order valence-corrected chi connectivity index (χ3v) is 5.29. The number of H-pyrrole nitrogens is 1. The van der Waals surface area contributed by atoms with Crippen LogP contribution >= 0.6 is 0 Å². The van der Waals surface area contributed by atoms with Crippen molar-refractivity contribution >= 4 is 0 Å². The van der Waals surface area contributed by atoms with Crippen LogP contribution in [0.4, 0.5) is 0 Å². The van der Waals surface area contributed by atoms with Crippen LogP contribution in [0, 0.1) is 0 Å². The number of aromatic nitrogens is 5. The van der Waals surface area contributed by atoms with E-state index < -0.39 is 0 Å². The molecular weight excluding hydrogens is 336 g/mol. The lowest BCUT2D eigenvalue weighted by atomic mass is 9.92. The first-order chi connectivity index (χ1) is 13.0. The average Bonchev–Trinajstić information content (AvgIpc) is 3.32. The highest BCUT2D eigenvalue weighted by molar-refractivity contribution is 5.51. The molecule has 4 heterocycles. The molecule has 1 aliphatic rings. The maximum atomic E-state index is 4.62. The highest BCUT2D eigenvalue weighted by atomic mass is 15.2. The van der Waals surface area contributed by atoms with Crippen molar-refractivity contribution in [3.8, 4) is 11.5 Å². The second-order valence-corrected chi connectivity index (χ2v) is 8.47. The first kappa shape index (κ1) is 17.9. The van der Waals surface area contributed by atoms with Crippen molar-refractivity contribution in [2.24, 2.45) is 0 Å². The second kappa shape index (κ2) is 7.27. The summed E-state index contributed by atoms with van der Waals surface area (Å²) < 4.78 is 2.30. The molecule has 4 rings (SSSR count). The lowest BCUT2D eigenvalue weighted by molar-refractivity contribution is 0.171. The number of hydrogen-bond donors (Lipinski definition) is 1. The van der Waals surface area contributed by atoms with E-state index in [1.165, 1.54) is 18.4 Å². The van der Waals surface area contributed by atoms with Crippen LogP contribution in [0.15, 0.2) is 43.0 Å². The molecule has 0 spiro atoms. The number of aromatic amines is 1. The van der Waals surface area contributed by atoms with Gasteiger partial charge in [-0.1, -0.05) is 26.8 Å². The molecule has 1 saturated heterocycles. The van der Waals surface area contributed by atoms with Gasteiger partial charge in [0.1, 0.15) is 5.69 Å². The minimum Gasteiger partial charge on any atom is -0.325 e. The molecule has 0 unspecified atom stereocenters. The van der Waals surface area contributed by atoms with Crippen LogP contribution in [-0.4, -0.2) is 42.7 Å². The summed E-state index contributed by atoms with van der Waals surface area (Å²) in [5.41, 5.74) is 3.38. The number of nitrogens with zero attached hydrogens (tertiary/aromatic N) is 5. The average molecular weight is 364 g/mol. The van der Waals surface area contributed by atoms with Crippen LogP contribution in [0.5, 0.6) is 0 Å². The van der Waals surface area contributed by atoms with E-state index in [0.29, 0.717) is 6.04 Å². The number of pyridine rings is 1. The predicted octanol–water partition coefficient (Wildman–Crippen LogP) is 3.80. The van der Waals surface area contributed by atoms with Gasteiger partial charge in [-0.05, 0) is 37.1 Å². The summed E-state index contributed by atoms with van der Waals surface area (Å²) in [6.07, 6.45) is 10.1. The fourth-order valence-corrected chi connectivity index (χ4v) is 3.78. The van der Waals surface area contributed by atoms with Crippen molar-refractivity contribution < 1.29 is 0 Å². The van der Waals surface area contributed by atoms with E-state index in [1.54, 1.807) is 0 Å². The Hall–Kier alpha value is -2.47. The summed E-state index contributed by atoms with van der Waals surface area (Å²) in [5.74, 6) is 0.954. The van der Waals surface area contributed by atoms with E-state index in [9.17, 15) is 0 Å². The summed E-state index contributed by atoms with van der Waals surface area (Å²) in [6.45, 7) is 9.67. The van der Waals surface area contributed by atoms with E-state index in [4.69, 9.17) is 0 Å². The van der Waals surface area contributed by atoms with Crippen LogP contribution in [0.1, 0.15) is 50.9 Å². The smallest absolute Gasteiger partial charge is 0.160 e. The fraction of sp³-hybridized carbons (Fsp3) is 0.476. The molecule has 3 aromatic heterocycles. The van der Waals surface area contributed by atoms with E-state index in [-0.39, 0.29) is 5.41 Å². The van der Waals surface area contributed by atoms with Crippen molar-refractivity contribution in [2.45, 2.75) is 51.6 Å². The summed E-state index contributed by atoms with van der Waals surface area (Å²) in [6, 6.07) is 6.71. The molecule has 1 fully saturated rings. The minimum atomic E-state index is 0.0496. The Bertz CT molecular complexity index is 873. The summed E-state index contributed by atoms with van der Waals surface area (Å²) in [5, 5.41) is 7.72. The summed E-state index contributed by atoms with van der Waals surface area (Å²) >= 11 is 0. The maximum Gasteiger partial charge on any atom is 0.160 e. The van der Waals surface area contributed by atoms with Crippen molar-refractivity contribution in [2.75, 3.05) is 13.1 Å². The highest BCUT2D eigenvalue weighted by Gasteiger charge is 2.25. The van der Waals surface area contributed by atoms with Gasteiger partial charge in [0.2, 0.25) is 0 Å². The first-order valence-electron chi connectivity index (χ1n) is 9.71. The van der Waals surface area contributed by atoms with Crippen molar-refractivity contribution in [1.29, 1.82) is 0 Å².